The van der Waals surface area contributed by atoms with Crippen molar-refractivity contribution in [1.82, 2.24) is 14.7 Å². The normalized spacial score (nSPS) is 18.7. The number of esters is 1. The SMILES string of the molecule is CCOC(=O)[C@@H]1C[C@@H]1CN(Cc1c(C)nn(C)c1C)C(=O)[C@H](OC)c1ccccc1. The summed E-state index contributed by atoms with van der Waals surface area (Å²) in [6.45, 7) is 7.06. The van der Waals surface area contributed by atoms with Crippen LogP contribution in [0.5, 0.6) is 0 Å². The molecule has 0 bridgehead atoms. The third-order valence-corrected chi connectivity index (χ3v) is 5.85. The fourth-order valence-electron chi connectivity index (χ4n) is 3.91. The first-order valence-electron chi connectivity index (χ1n) is 10.4. The molecule has 0 aliphatic heterocycles. The number of benzene rings is 1. The highest BCUT2D eigenvalue weighted by Gasteiger charge is 2.46. The number of carbonyl (C=O) groups is 2. The molecule has 1 aliphatic rings. The van der Waals surface area contributed by atoms with Crippen molar-refractivity contribution in [3.05, 3.63) is 52.8 Å². The van der Waals surface area contributed by atoms with Gasteiger partial charge in [0.05, 0.1) is 18.2 Å². The Labute approximate surface area is 178 Å². The molecule has 30 heavy (non-hydrogen) atoms. The number of carbonyl (C=O) groups excluding carboxylic acids is 2. The molecule has 1 aromatic heterocycles. The number of aryl methyl sites for hydroxylation is 2. The summed E-state index contributed by atoms with van der Waals surface area (Å²) in [6.07, 6.45) is 0.0552. The van der Waals surface area contributed by atoms with Crippen LogP contribution in [0.1, 0.15) is 42.0 Å². The standard InChI is InChI=1S/C23H31N3O4/c1-6-30-23(28)19-12-18(19)13-26(14-20-15(2)24-25(4)16(20)3)22(27)21(29-5)17-10-8-7-9-11-17/h7-11,18-19,21H,6,12-14H2,1-5H3/t18-,19-,21-/m1/s1. The van der Waals surface area contributed by atoms with Crippen LogP contribution in [0.2, 0.25) is 0 Å². The highest BCUT2D eigenvalue weighted by atomic mass is 16.5. The lowest BCUT2D eigenvalue weighted by Gasteiger charge is -2.27. The zero-order chi connectivity index (χ0) is 21.8. The van der Waals surface area contributed by atoms with Gasteiger partial charge in [0.15, 0.2) is 6.10 Å². The van der Waals surface area contributed by atoms with Gasteiger partial charge in [-0.2, -0.15) is 5.10 Å². The molecule has 1 amide bonds. The van der Waals surface area contributed by atoms with Crippen LogP contribution in [-0.4, -0.2) is 46.8 Å². The minimum atomic E-state index is -0.691. The highest BCUT2D eigenvalue weighted by Crippen LogP contribution is 2.41. The van der Waals surface area contributed by atoms with Gasteiger partial charge in [-0.1, -0.05) is 30.3 Å². The Kier molecular flexibility index (Phi) is 6.92. The van der Waals surface area contributed by atoms with Crippen molar-refractivity contribution in [2.45, 2.75) is 39.8 Å². The van der Waals surface area contributed by atoms with Crippen molar-refractivity contribution in [2.75, 3.05) is 20.3 Å². The topological polar surface area (TPSA) is 73.7 Å². The van der Waals surface area contributed by atoms with Gasteiger partial charge in [0.25, 0.3) is 5.91 Å². The first-order chi connectivity index (χ1) is 14.4. The van der Waals surface area contributed by atoms with Crippen molar-refractivity contribution < 1.29 is 19.1 Å². The Balaban J connectivity index is 1.83. The first-order valence-corrected chi connectivity index (χ1v) is 10.4. The smallest absolute Gasteiger partial charge is 0.309 e. The lowest BCUT2D eigenvalue weighted by atomic mass is 10.1. The third kappa shape index (κ3) is 4.73. The minimum absolute atomic E-state index is 0.110. The van der Waals surface area contributed by atoms with Crippen molar-refractivity contribution >= 4 is 11.9 Å². The second-order valence-corrected chi connectivity index (χ2v) is 7.87. The maximum Gasteiger partial charge on any atom is 0.309 e. The van der Waals surface area contributed by atoms with Crippen LogP contribution < -0.4 is 0 Å². The molecule has 7 nitrogen and oxygen atoms in total. The van der Waals surface area contributed by atoms with E-state index < -0.39 is 6.10 Å². The second kappa shape index (κ2) is 9.43. The van der Waals surface area contributed by atoms with E-state index in [1.807, 2.05) is 67.7 Å². The van der Waals surface area contributed by atoms with E-state index in [9.17, 15) is 9.59 Å². The fourth-order valence-corrected chi connectivity index (χ4v) is 3.91. The van der Waals surface area contributed by atoms with E-state index in [2.05, 4.69) is 5.10 Å². The quantitative estimate of drug-likeness (QED) is 0.591. The molecule has 3 atom stereocenters. The number of nitrogens with zero attached hydrogens (tertiary/aromatic N) is 3. The fraction of sp³-hybridized carbons (Fsp3) is 0.522. The molecule has 1 fully saturated rings. The van der Waals surface area contributed by atoms with Gasteiger partial charge >= 0.3 is 5.97 Å². The summed E-state index contributed by atoms with van der Waals surface area (Å²) in [5.74, 6) is -0.302. The Morgan fingerprint density at radius 2 is 1.97 bits per heavy atom. The summed E-state index contributed by atoms with van der Waals surface area (Å²) in [5.41, 5.74) is 3.77. The van der Waals surface area contributed by atoms with E-state index in [0.29, 0.717) is 19.7 Å². The molecule has 1 aromatic carbocycles. The highest BCUT2D eigenvalue weighted by molar-refractivity contribution is 5.83. The van der Waals surface area contributed by atoms with Crippen LogP contribution in [0.3, 0.4) is 0 Å². The summed E-state index contributed by atoms with van der Waals surface area (Å²) < 4.78 is 12.6. The Morgan fingerprint density at radius 3 is 2.53 bits per heavy atom. The monoisotopic (exact) mass is 413 g/mol. The molecule has 0 spiro atoms. The molecule has 0 saturated heterocycles. The van der Waals surface area contributed by atoms with E-state index in [-0.39, 0.29) is 23.7 Å². The van der Waals surface area contributed by atoms with Crippen LogP contribution in [0.4, 0.5) is 0 Å². The number of ether oxygens (including phenoxy) is 2. The van der Waals surface area contributed by atoms with Gasteiger partial charge in [0.2, 0.25) is 0 Å². The molecule has 0 N–H and O–H groups in total. The Bertz CT molecular complexity index is 893. The van der Waals surface area contributed by atoms with E-state index in [1.165, 1.54) is 0 Å². The van der Waals surface area contributed by atoms with Crippen molar-refractivity contribution in [1.29, 1.82) is 0 Å². The number of hydrogen-bond acceptors (Lipinski definition) is 5. The number of methoxy groups -OCH3 is 1. The molecule has 7 heteroatoms. The summed E-state index contributed by atoms with van der Waals surface area (Å²) in [6, 6.07) is 9.49. The van der Waals surface area contributed by atoms with Gasteiger partial charge in [-0.25, -0.2) is 0 Å². The maximum atomic E-state index is 13.5. The van der Waals surface area contributed by atoms with Crippen molar-refractivity contribution in [3.63, 3.8) is 0 Å². The Morgan fingerprint density at radius 1 is 1.27 bits per heavy atom. The molecule has 0 radical (unpaired) electrons. The number of rotatable bonds is 9. The number of amides is 1. The second-order valence-electron chi connectivity index (χ2n) is 7.87. The van der Waals surface area contributed by atoms with Gasteiger partial charge in [-0.3, -0.25) is 14.3 Å². The van der Waals surface area contributed by atoms with Crippen LogP contribution in [-0.2, 0) is 32.7 Å². The predicted molar refractivity (Wildman–Crippen MR) is 113 cm³/mol. The van der Waals surface area contributed by atoms with Crippen LogP contribution >= 0.6 is 0 Å². The number of aromatic nitrogens is 2. The molecule has 3 rings (SSSR count). The zero-order valence-electron chi connectivity index (χ0n) is 18.4. The molecule has 1 aliphatic carbocycles. The van der Waals surface area contributed by atoms with Crippen LogP contribution in [0.15, 0.2) is 30.3 Å². The minimum Gasteiger partial charge on any atom is -0.466 e. The third-order valence-electron chi connectivity index (χ3n) is 5.85. The molecular weight excluding hydrogens is 382 g/mol. The van der Waals surface area contributed by atoms with E-state index >= 15 is 0 Å². The van der Waals surface area contributed by atoms with Crippen molar-refractivity contribution in [3.8, 4) is 0 Å². The van der Waals surface area contributed by atoms with E-state index in [1.54, 1.807) is 7.11 Å². The molecule has 1 heterocycles. The van der Waals surface area contributed by atoms with Gasteiger partial charge in [0, 0.05) is 38.5 Å². The lowest BCUT2D eigenvalue weighted by Crippen LogP contribution is -2.37. The summed E-state index contributed by atoms with van der Waals surface area (Å²) in [7, 11) is 3.45. The maximum absolute atomic E-state index is 13.5. The average Bonchev–Trinajstić information content (AvgIpc) is 3.46. The largest absolute Gasteiger partial charge is 0.466 e. The van der Waals surface area contributed by atoms with Gasteiger partial charge in [0.1, 0.15) is 0 Å². The molecular formula is C23H31N3O4. The molecule has 2 aromatic rings. The summed E-state index contributed by atoms with van der Waals surface area (Å²) >= 11 is 0. The van der Waals surface area contributed by atoms with E-state index in [4.69, 9.17) is 9.47 Å². The summed E-state index contributed by atoms with van der Waals surface area (Å²) in [4.78, 5) is 27.4. The van der Waals surface area contributed by atoms with Gasteiger partial charge in [-0.05, 0) is 38.7 Å². The van der Waals surface area contributed by atoms with Crippen molar-refractivity contribution in [2.24, 2.45) is 18.9 Å². The van der Waals surface area contributed by atoms with Gasteiger partial charge in [-0.15, -0.1) is 0 Å². The predicted octanol–water partition coefficient (Wildman–Crippen LogP) is 2.95. The molecule has 162 valence electrons. The molecule has 1 saturated carbocycles. The van der Waals surface area contributed by atoms with E-state index in [0.717, 1.165) is 28.9 Å². The summed E-state index contributed by atoms with van der Waals surface area (Å²) in [5, 5.41) is 4.48. The van der Waals surface area contributed by atoms with Crippen LogP contribution in [0, 0.1) is 25.7 Å². The zero-order valence-corrected chi connectivity index (χ0v) is 18.4. The first kappa shape index (κ1) is 22.0. The van der Waals surface area contributed by atoms with Gasteiger partial charge < -0.3 is 14.4 Å². The molecule has 0 unspecified atom stereocenters. The number of hydrogen-bond donors (Lipinski definition) is 0. The average molecular weight is 414 g/mol. The lowest BCUT2D eigenvalue weighted by molar-refractivity contribution is -0.147. The Hall–Kier alpha value is -2.67. The van der Waals surface area contributed by atoms with Crippen LogP contribution in [0.25, 0.3) is 0 Å².